The number of rotatable bonds is 11. The molecule has 3 aromatic carbocycles. The summed E-state index contributed by atoms with van der Waals surface area (Å²) in [6.45, 7) is 1.80. The molecule has 0 saturated carbocycles. The number of nitrogens with one attached hydrogen (secondary N) is 1. The summed E-state index contributed by atoms with van der Waals surface area (Å²) < 4.78 is 44.3. The molecule has 2 aliphatic heterocycles. The van der Waals surface area contributed by atoms with Crippen molar-refractivity contribution in [1.82, 2.24) is 10.2 Å². The van der Waals surface area contributed by atoms with Crippen LogP contribution in [0.25, 0.3) is 0 Å². The fraction of sp³-hybridized carbons (Fsp3) is 0.387. The molecule has 0 unspecified atom stereocenters. The summed E-state index contributed by atoms with van der Waals surface area (Å²) in [6.07, 6.45) is -1.81. The molecule has 2 N–H and O–H groups in total. The van der Waals surface area contributed by atoms with Crippen LogP contribution in [0.1, 0.15) is 29.5 Å². The summed E-state index contributed by atoms with van der Waals surface area (Å²) in [5.74, 6) is 0.0121. The van der Waals surface area contributed by atoms with E-state index in [1.54, 1.807) is 31.4 Å². The molecule has 1 amide bonds. The van der Waals surface area contributed by atoms with Crippen molar-refractivity contribution in [1.29, 1.82) is 0 Å². The van der Waals surface area contributed by atoms with Crippen LogP contribution in [0.5, 0.6) is 5.75 Å². The number of ether oxygens (including phenoxy) is 3. The lowest BCUT2D eigenvalue weighted by Crippen LogP contribution is -2.40. The topological polar surface area (TPSA) is 80.3 Å². The van der Waals surface area contributed by atoms with Crippen molar-refractivity contribution in [3.63, 3.8) is 0 Å². The maximum absolute atomic E-state index is 13.4. The Morgan fingerprint density at radius 1 is 0.925 bits per heavy atom. The van der Waals surface area contributed by atoms with Gasteiger partial charge in [0.1, 0.15) is 29.6 Å². The minimum absolute atomic E-state index is 0.128. The zero-order valence-electron chi connectivity index (χ0n) is 22.3. The molecule has 2 saturated heterocycles. The molecule has 0 bridgehead atoms. The van der Waals surface area contributed by atoms with E-state index in [4.69, 9.17) is 14.2 Å². The third-order valence-electron chi connectivity index (χ3n) is 7.42. The number of aliphatic hydroxyl groups excluding tert-OH is 1. The molecule has 0 spiro atoms. The van der Waals surface area contributed by atoms with Gasteiger partial charge < -0.3 is 24.6 Å². The van der Waals surface area contributed by atoms with Crippen LogP contribution in [0, 0.1) is 11.6 Å². The Balaban J connectivity index is 1.14. The van der Waals surface area contributed by atoms with Gasteiger partial charge in [-0.05, 0) is 53.1 Å². The fourth-order valence-corrected chi connectivity index (χ4v) is 5.35. The first kappa shape index (κ1) is 28.2. The maximum atomic E-state index is 13.4. The lowest BCUT2D eigenvalue weighted by atomic mass is 10.1. The number of benzene rings is 3. The normalized spacial score (nSPS) is 23.8. The number of halogens is 2. The molecule has 5 rings (SSSR count). The second-order valence-corrected chi connectivity index (χ2v) is 10.4. The van der Waals surface area contributed by atoms with E-state index in [-0.39, 0.29) is 36.2 Å². The number of methoxy groups -OCH3 is 1. The molecule has 40 heavy (non-hydrogen) atoms. The van der Waals surface area contributed by atoms with Gasteiger partial charge in [0.15, 0.2) is 0 Å². The van der Waals surface area contributed by atoms with Crippen molar-refractivity contribution in [3.05, 3.63) is 101 Å². The van der Waals surface area contributed by atoms with Crippen LogP contribution in [-0.2, 0) is 33.9 Å². The van der Waals surface area contributed by atoms with Crippen molar-refractivity contribution in [2.24, 2.45) is 0 Å². The van der Waals surface area contributed by atoms with E-state index >= 15 is 0 Å². The van der Waals surface area contributed by atoms with Gasteiger partial charge >= 0.3 is 0 Å². The molecule has 5 atom stereocenters. The Morgan fingerprint density at radius 3 is 2.05 bits per heavy atom. The van der Waals surface area contributed by atoms with Crippen molar-refractivity contribution in [3.8, 4) is 5.75 Å². The van der Waals surface area contributed by atoms with Gasteiger partial charge in [0.25, 0.3) is 0 Å². The predicted molar refractivity (Wildman–Crippen MR) is 144 cm³/mol. The highest BCUT2D eigenvalue weighted by molar-refractivity contribution is 5.76. The molecule has 0 aliphatic carbocycles. The van der Waals surface area contributed by atoms with Crippen molar-refractivity contribution >= 4 is 5.91 Å². The molecule has 212 valence electrons. The standard InChI is InChI=1S/C31H34F2N2O5/c1-38-25-12-6-20(7-13-25)16-34-29(36)15-26-14-27-31(39-26)30(37)28(40-27)19-35(17-21-2-8-23(32)9-3-21)18-22-4-10-24(33)11-5-22/h2-13,26-28,30-31,37H,14-19H2,1H3,(H,34,36)/t26-,27+,28+,30+,31-/m0/s1. The Kier molecular flexibility index (Phi) is 9.06. The number of amides is 1. The second-order valence-electron chi connectivity index (χ2n) is 10.4. The van der Waals surface area contributed by atoms with Gasteiger partial charge in [-0.15, -0.1) is 0 Å². The smallest absolute Gasteiger partial charge is 0.222 e. The number of carbonyl (C=O) groups is 1. The van der Waals surface area contributed by atoms with Crippen LogP contribution < -0.4 is 10.1 Å². The molecule has 2 aliphatic rings. The average molecular weight is 553 g/mol. The van der Waals surface area contributed by atoms with Crippen molar-refractivity contribution in [2.45, 2.75) is 63.0 Å². The summed E-state index contributed by atoms with van der Waals surface area (Å²) in [6, 6.07) is 20.0. The van der Waals surface area contributed by atoms with Crippen LogP contribution in [-0.4, -0.2) is 60.1 Å². The minimum Gasteiger partial charge on any atom is -0.497 e. The predicted octanol–water partition coefficient (Wildman–Crippen LogP) is 3.97. The zero-order chi connectivity index (χ0) is 28.1. The third-order valence-corrected chi connectivity index (χ3v) is 7.42. The number of hydrogen-bond donors (Lipinski definition) is 2. The highest BCUT2D eigenvalue weighted by Gasteiger charge is 2.50. The van der Waals surface area contributed by atoms with Gasteiger partial charge in [0.2, 0.25) is 5.91 Å². The molecule has 3 aromatic rings. The van der Waals surface area contributed by atoms with Crippen LogP contribution in [0.3, 0.4) is 0 Å². The second kappa shape index (κ2) is 12.9. The van der Waals surface area contributed by atoms with Crippen LogP contribution in [0.15, 0.2) is 72.8 Å². The van der Waals surface area contributed by atoms with Crippen LogP contribution in [0.4, 0.5) is 8.78 Å². The first-order valence-corrected chi connectivity index (χ1v) is 13.5. The number of aliphatic hydroxyl groups is 1. The molecule has 9 heteroatoms. The number of nitrogens with zero attached hydrogens (tertiary/aromatic N) is 1. The van der Waals surface area contributed by atoms with Gasteiger partial charge in [0.05, 0.1) is 31.8 Å². The average Bonchev–Trinajstić information content (AvgIpc) is 3.47. The van der Waals surface area contributed by atoms with E-state index in [0.717, 1.165) is 22.4 Å². The van der Waals surface area contributed by atoms with Crippen molar-refractivity contribution < 1.29 is 32.9 Å². The molecule has 0 radical (unpaired) electrons. The molecule has 2 heterocycles. The summed E-state index contributed by atoms with van der Waals surface area (Å²) >= 11 is 0. The first-order valence-electron chi connectivity index (χ1n) is 13.5. The summed E-state index contributed by atoms with van der Waals surface area (Å²) in [5.41, 5.74) is 2.78. The number of hydrogen-bond acceptors (Lipinski definition) is 6. The van der Waals surface area contributed by atoms with E-state index in [0.29, 0.717) is 32.6 Å². The SMILES string of the molecule is COc1ccc(CNC(=O)C[C@@H]2C[C@H]3O[C@H](CN(Cc4ccc(F)cc4)Cc4ccc(F)cc4)[C@@H](O)[C@H]3O2)cc1. The fourth-order valence-electron chi connectivity index (χ4n) is 5.35. The van der Waals surface area contributed by atoms with Crippen LogP contribution in [0.2, 0.25) is 0 Å². The number of carbonyl (C=O) groups excluding carboxylic acids is 1. The van der Waals surface area contributed by atoms with Gasteiger partial charge in [-0.25, -0.2) is 8.78 Å². The Morgan fingerprint density at radius 2 is 1.50 bits per heavy atom. The van der Waals surface area contributed by atoms with E-state index in [9.17, 15) is 18.7 Å². The highest BCUT2D eigenvalue weighted by atomic mass is 19.1. The van der Waals surface area contributed by atoms with Gasteiger partial charge in [0, 0.05) is 32.6 Å². The molecular weight excluding hydrogens is 518 g/mol. The monoisotopic (exact) mass is 552 g/mol. The van der Waals surface area contributed by atoms with Crippen LogP contribution >= 0.6 is 0 Å². The van der Waals surface area contributed by atoms with Gasteiger partial charge in [-0.2, -0.15) is 0 Å². The van der Waals surface area contributed by atoms with E-state index in [2.05, 4.69) is 10.2 Å². The molecule has 2 fully saturated rings. The summed E-state index contributed by atoms with van der Waals surface area (Å²) in [4.78, 5) is 14.6. The Bertz CT molecular complexity index is 1210. The highest BCUT2D eigenvalue weighted by Crippen LogP contribution is 2.36. The summed E-state index contributed by atoms with van der Waals surface area (Å²) in [7, 11) is 1.61. The molecule has 0 aromatic heterocycles. The van der Waals surface area contributed by atoms with E-state index < -0.39 is 18.3 Å². The lowest BCUT2D eigenvalue weighted by molar-refractivity contribution is -0.125. The molecule has 7 nitrogen and oxygen atoms in total. The Labute approximate surface area is 232 Å². The molecular formula is C31H34F2N2O5. The Hall–Kier alpha value is -3.37. The van der Waals surface area contributed by atoms with Gasteiger partial charge in [-0.1, -0.05) is 36.4 Å². The largest absolute Gasteiger partial charge is 0.497 e. The first-order chi connectivity index (χ1) is 19.4. The number of fused-ring (bicyclic) bond motifs is 1. The van der Waals surface area contributed by atoms with Crippen molar-refractivity contribution in [2.75, 3.05) is 13.7 Å². The maximum Gasteiger partial charge on any atom is 0.222 e. The van der Waals surface area contributed by atoms with E-state index in [1.165, 1.54) is 24.3 Å². The third kappa shape index (κ3) is 7.22. The zero-order valence-corrected chi connectivity index (χ0v) is 22.3. The quantitative estimate of drug-likeness (QED) is 0.375. The van der Waals surface area contributed by atoms with E-state index in [1.807, 2.05) is 24.3 Å². The summed E-state index contributed by atoms with van der Waals surface area (Å²) in [5, 5.41) is 14.0. The van der Waals surface area contributed by atoms with Gasteiger partial charge in [-0.3, -0.25) is 9.69 Å². The minimum atomic E-state index is -0.860. The lowest BCUT2D eigenvalue weighted by Gasteiger charge is -2.28.